The highest BCUT2D eigenvalue weighted by molar-refractivity contribution is 6.30. The summed E-state index contributed by atoms with van der Waals surface area (Å²) in [5.41, 5.74) is 1.24. The van der Waals surface area contributed by atoms with Crippen molar-refractivity contribution < 1.29 is 0 Å². The minimum Gasteiger partial charge on any atom is -0.304 e. The Hall–Kier alpha value is -0.790. The van der Waals surface area contributed by atoms with Crippen LogP contribution in [0.4, 0.5) is 0 Å². The summed E-state index contributed by atoms with van der Waals surface area (Å²) < 4.78 is 0. The Morgan fingerprint density at radius 3 is 2.36 bits per heavy atom. The molecule has 0 fully saturated rings. The number of nitrogens with one attached hydrogen (secondary N) is 1. The molecule has 1 N–H and O–H groups in total. The first-order valence-corrected chi connectivity index (χ1v) is 5.15. The van der Waals surface area contributed by atoms with Crippen molar-refractivity contribution >= 4 is 11.6 Å². The van der Waals surface area contributed by atoms with Crippen LogP contribution in [0.1, 0.15) is 25.5 Å². The zero-order valence-electron chi connectivity index (χ0n) is 8.63. The molecule has 0 bridgehead atoms. The minimum absolute atomic E-state index is 0.320. The van der Waals surface area contributed by atoms with Crippen LogP contribution < -0.4 is 5.32 Å². The SMILES string of the molecule is C=CC(C)NC(C)c1ccc(Cl)cc1. The maximum atomic E-state index is 5.81. The fourth-order valence-corrected chi connectivity index (χ4v) is 1.44. The van der Waals surface area contributed by atoms with E-state index in [1.807, 2.05) is 30.3 Å². The van der Waals surface area contributed by atoms with E-state index in [1.165, 1.54) is 5.56 Å². The highest BCUT2D eigenvalue weighted by Gasteiger charge is 2.06. The van der Waals surface area contributed by atoms with Crippen molar-refractivity contribution in [1.29, 1.82) is 0 Å². The molecule has 1 nitrogen and oxygen atoms in total. The molecule has 0 aromatic heterocycles. The average Bonchev–Trinajstić information content (AvgIpc) is 2.18. The van der Waals surface area contributed by atoms with Crippen LogP contribution in [0.25, 0.3) is 0 Å². The van der Waals surface area contributed by atoms with Crippen molar-refractivity contribution in [2.75, 3.05) is 0 Å². The highest BCUT2D eigenvalue weighted by atomic mass is 35.5. The molecule has 0 aliphatic heterocycles. The van der Waals surface area contributed by atoms with Gasteiger partial charge in [-0.2, -0.15) is 0 Å². The molecule has 76 valence electrons. The van der Waals surface area contributed by atoms with E-state index >= 15 is 0 Å². The molecule has 2 unspecified atom stereocenters. The van der Waals surface area contributed by atoms with Gasteiger partial charge in [0.05, 0.1) is 0 Å². The Kier molecular flexibility index (Phi) is 4.18. The van der Waals surface area contributed by atoms with Crippen molar-refractivity contribution in [1.82, 2.24) is 5.32 Å². The number of hydrogen-bond donors (Lipinski definition) is 1. The van der Waals surface area contributed by atoms with Crippen molar-refractivity contribution in [2.24, 2.45) is 0 Å². The van der Waals surface area contributed by atoms with E-state index in [9.17, 15) is 0 Å². The third-order valence-electron chi connectivity index (χ3n) is 2.24. The summed E-state index contributed by atoms with van der Waals surface area (Å²) in [5, 5.41) is 4.18. The number of halogens is 1. The van der Waals surface area contributed by atoms with Crippen LogP contribution in [0, 0.1) is 0 Å². The molecular formula is C12H16ClN. The Balaban J connectivity index is 2.64. The topological polar surface area (TPSA) is 12.0 Å². The largest absolute Gasteiger partial charge is 0.304 e. The van der Waals surface area contributed by atoms with Crippen LogP contribution in [-0.2, 0) is 0 Å². The smallest absolute Gasteiger partial charge is 0.0406 e. The van der Waals surface area contributed by atoms with E-state index < -0.39 is 0 Å². The molecule has 1 rings (SSSR count). The van der Waals surface area contributed by atoms with E-state index in [4.69, 9.17) is 11.6 Å². The van der Waals surface area contributed by atoms with E-state index in [-0.39, 0.29) is 0 Å². The van der Waals surface area contributed by atoms with Gasteiger partial charge in [0.15, 0.2) is 0 Å². The van der Waals surface area contributed by atoms with Crippen LogP contribution in [0.3, 0.4) is 0 Å². The van der Waals surface area contributed by atoms with Gasteiger partial charge in [0.25, 0.3) is 0 Å². The lowest BCUT2D eigenvalue weighted by molar-refractivity contribution is 0.537. The van der Waals surface area contributed by atoms with E-state index in [2.05, 4.69) is 25.7 Å². The number of rotatable bonds is 4. The third kappa shape index (κ3) is 3.17. The number of hydrogen-bond acceptors (Lipinski definition) is 1. The molecule has 1 aromatic rings. The lowest BCUT2D eigenvalue weighted by atomic mass is 10.1. The summed E-state index contributed by atoms with van der Waals surface area (Å²) in [6.07, 6.45) is 1.90. The van der Waals surface area contributed by atoms with Gasteiger partial charge < -0.3 is 5.32 Å². The zero-order valence-corrected chi connectivity index (χ0v) is 9.38. The minimum atomic E-state index is 0.320. The van der Waals surface area contributed by atoms with E-state index in [1.54, 1.807) is 0 Å². The molecule has 1 aromatic carbocycles. The highest BCUT2D eigenvalue weighted by Crippen LogP contribution is 2.16. The fraction of sp³-hybridized carbons (Fsp3) is 0.333. The predicted molar refractivity (Wildman–Crippen MR) is 62.7 cm³/mol. The number of benzene rings is 1. The van der Waals surface area contributed by atoms with Gasteiger partial charge in [-0.1, -0.05) is 29.8 Å². The summed E-state index contributed by atoms with van der Waals surface area (Å²) in [7, 11) is 0. The lowest BCUT2D eigenvalue weighted by Gasteiger charge is -2.17. The molecule has 0 saturated heterocycles. The second-order valence-electron chi connectivity index (χ2n) is 3.46. The monoisotopic (exact) mass is 209 g/mol. The van der Waals surface area contributed by atoms with Crippen LogP contribution in [-0.4, -0.2) is 6.04 Å². The van der Waals surface area contributed by atoms with Crippen LogP contribution in [0.2, 0.25) is 5.02 Å². The molecule has 0 spiro atoms. The molecule has 0 saturated carbocycles. The van der Waals surface area contributed by atoms with Gasteiger partial charge in [-0.05, 0) is 31.5 Å². The van der Waals surface area contributed by atoms with Gasteiger partial charge in [0.2, 0.25) is 0 Å². The molecule has 2 heteroatoms. The third-order valence-corrected chi connectivity index (χ3v) is 2.49. The van der Waals surface area contributed by atoms with Crippen LogP contribution >= 0.6 is 11.6 Å². The van der Waals surface area contributed by atoms with Gasteiger partial charge in [-0.25, -0.2) is 0 Å². The van der Waals surface area contributed by atoms with Gasteiger partial charge in [-0.3, -0.25) is 0 Å². The van der Waals surface area contributed by atoms with E-state index in [0.29, 0.717) is 12.1 Å². The summed E-state index contributed by atoms with van der Waals surface area (Å²) in [6.45, 7) is 7.95. The maximum Gasteiger partial charge on any atom is 0.0406 e. The van der Waals surface area contributed by atoms with Crippen molar-refractivity contribution in [3.8, 4) is 0 Å². The molecular weight excluding hydrogens is 194 g/mol. The fourth-order valence-electron chi connectivity index (χ4n) is 1.31. The van der Waals surface area contributed by atoms with Crippen molar-refractivity contribution in [3.63, 3.8) is 0 Å². The molecule has 0 radical (unpaired) electrons. The summed E-state index contributed by atoms with van der Waals surface area (Å²) in [4.78, 5) is 0. The summed E-state index contributed by atoms with van der Waals surface area (Å²) >= 11 is 5.81. The first-order chi connectivity index (χ1) is 6.63. The normalized spacial score (nSPS) is 14.8. The molecule has 14 heavy (non-hydrogen) atoms. The summed E-state index contributed by atoms with van der Waals surface area (Å²) in [5.74, 6) is 0. The average molecular weight is 210 g/mol. The molecule has 0 aliphatic rings. The van der Waals surface area contributed by atoms with Gasteiger partial charge >= 0.3 is 0 Å². The van der Waals surface area contributed by atoms with Crippen molar-refractivity contribution in [2.45, 2.75) is 25.9 Å². The van der Waals surface area contributed by atoms with Gasteiger partial charge in [0.1, 0.15) is 0 Å². The Morgan fingerprint density at radius 2 is 1.86 bits per heavy atom. The molecule has 0 aliphatic carbocycles. The standard InChI is InChI=1S/C12H16ClN/c1-4-9(2)14-10(3)11-5-7-12(13)8-6-11/h4-10,14H,1H2,2-3H3. The quantitative estimate of drug-likeness (QED) is 0.748. The molecule has 2 atom stereocenters. The first kappa shape index (κ1) is 11.3. The van der Waals surface area contributed by atoms with Gasteiger partial charge in [-0.15, -0.1) is 6.58 Å². The maximum absolute atomic E-state index is 5.81. The Labute approximate surface area is 90.8 Å². The predicted octanol–water partition coefficient (Wildman–Crippen LogP) is 3.57. The Morgan fingerprint density at radius 1 is 1.29 bits per heavy atom. The summed E-state index contributed by atoms with van der Waals surface area (Å²) in [6, 6.07) is 8.54. The molecule has 0 amide bonds. The van der Waals surface area contributed by atoms with E-state index in [0.717, 1.165) is 5.02 Å². The second-order valence-corrected chi connectivity index (χ2v) is 3.90. The first-order valence-electron chi connectivity index (χ1n) is 4.77. The van der Waals surface area contributed by atoms with Crippen LogP contribution in [0.5, 0.6) is 0 Å². The molecule has 0 heterocycles. The second kappa shape index (κ2) is 5.18. The van der Waals surface area contributed by atoms with Gasteiger partial charge in [0, 0.05) is 17.1 Å². The Bertz CT molecular complexity index is 292. The van der Waals surface area contributed by atoms with Crippen molar-refractivity contribution in [3.05, 3.63) is 47.5 Å². The lowest BCUT2D eigenvalue weighted by Crippen LogP contribution is -2.26. The van der Waals surface area contributed by atoms with Crippen LogP contribution in [0.15, 0.2) is 36.9 Å². The zero-order chi connectivity index (χ0) is 10.6.